The second kappa shape index (κ2) is 4.23. The van der Waals surface area contributed by atoms with Crippen molar-refractivity contribution in [3.05, 3.63) is 17.8 Å². The van der Waals surface area contributed by atoms with Crippen molar-refractivity contribution in [3.8, 4) is 0 Å². The van der Waals surface area contributed by atoms with Gasteiger partial charge < -0.3 is 14.9 Å². The highest BCUT2D eigenvalue weighted by atomic mass is 16.5. The van der Waals surface area contributed by atoms with E-state index >= 15 is 0 Å². The van der Waals surface area contributed by atoms with Gasteiger partial charge in [-0.15, -0.1) is 0 Å². The molecule has 1 aromatic heterocycles. The smallest absolute Gasteiger partial charge is 0.360 e. The Balaban J connectivity index is 2.82. The number of hydrogen-bond acceptors (Lipinski definition) is 5. The molecule has 1 heterocycles. The minimum absolute atomic E-state index is 0.151. The maximum Gasteiger partial charge on any atom is 0.360 e. The van der Waals surface area contributed by atoms with Gasteiger partial charge in [-0.25, -0.2) is 9.78 Å². The number of ether oxygens (including phenoxy) is 1. The van der Waals surface area contributed by atoms with E-state index in [2.05, 4.69) is 9.72 Å². The zero-order valence-electron chi connectivity index (χ0n) is 8.48. The Labute approximate surface area is 82.2 Å². The van der Waals surface area contributed by atoms with E-state index in [1.807, 2.05) is 13.8 Å². The molecule has 5 heteroatoms. The van der Waals surface area contributed by atoms with Crippen LogP contribution in [0.4, 0.5) is 0 Å². The van der Waals surface area contributed by atoms with Crippen molar-refractivity contribution in [2.24, 2.45) is 11.7 Å². The fraction of sp³-hybridized carbons (Fsp3) is 0.556. The minimum atomic E-state index is -0.518. The summed E-state index contributed by atoms with van der Waals surface area (Å²) in [4.78, 5) is 15.0. The molecule has 1 aromatic rings. The lowest BCUT2D eigenvalue weighted by molar-refractivity contribution is 0.0594. The molecule has 0 aliphatic carbocycles. The number of carbonyl (C=O) groups is 1. The maximum absolute atomic E-state index is 11.0. The predicted molar refractivity (Wildman–Crippen MR) is 49.6 cm³/mol. The van der Waals surface area contributed by atoms with Gasteiger partial charge in [0.05, 0.1) is 13.2 Å². The maximum atomic E-state index is 11.0. The van der Waals surface area contributed by atoms with Gasteiger partial charge in [0, 0.05) is 0 Å². The summed E-state index contributed by atoms with van der Waals surface area (Å²) in [6, 6.07) is -0.298. The molecule has 1 rings (SSSR count). The van der Waals surface area contributed by atoms with Gasteiger partial charge in [0.1, 0.15) is 6.26 Å². The van der Waals surface area contributed by atoms with Gasteiger partial charge in [-0.3, -0.25) is 0 Å². The molecule has 0 spiro atoms. The molecular weight excluding hydrogens is 184 g/mol. The van der Waals surface area contributed by atoms with Crippen LogP contribution >= 0.6 is 0 Å². The van der Waals surface area contributed by atoms with Crippen molar-refractivity contribution in [1.29, 1.82) is 0 Å². The molecule has 78 valence electrons. The normalized spacial score (nSPS) is 12.9. The van der Waals surface area contributed by atoms with Crippen LogP contribution in [0.15, 0.2) is 10.7 Å². The van der Waals surface area contributed by atoms with Gasteiger partial charge in [-0.2, -0.15) is 0 Å². The second-order valence-corrected chi connectivity index (χ2v) is 3.33. The molecule has 14 heavy (non-hydrogen) atoms. The van der Waals surface area contributed by atoms with Crippen molar-refractivity contribution in [1.82, 2.24) is 4.98 Å². The number of rotatable bonds is 3. The third kappa shape index (κ3) is 2.11. The van der Waals surface area contributed by atoms with E-state index in [-0.39, 0.29) is 17.7 Å². The summed E-state index contributed by atoms with van der Waals surface area (Å²) in [5.74, 6) is 0.0514. The Hall–Kier alpha value is -1.36. The number of methoxy groups -OCH3 is 1. The molecule has 5 nitrogen and oxygen atoms in total. The highest BCUT2D eigenvalue weighted by Gasteiger charge is 2.19. The molecular formula is C9H14N2O3. The van der Waals surface area contributed by atoms with E-state index in [1.165, 1.54) is 13.4 Å². The Morgan fingerprint density at radius 1 is 1.64 bits per heavy atom. The predicted octanol–water partition coefficient (Wildman–Crippen LogP) is 1.12. The highest BCUT2D eigenvalue weighted by Crippen LogP contribution is 2.18. The molecule has 0 saturated carbocycles. The molecule has 0 aromatic carbocycles. The average molecular weight is 198 g/mol. The van der Waals surface area contributed by atoms with Gasteiger partial charge in [-0.1, -0.05) is 13.8 Å². The Morgan fingerprint density at radius 2 is 2.29 bits per heavy atom. The monoisotopic (exact) mass is 198 g/mol. The minimum Gasteiger partial charge on any atom is -0.464 e. The number of carbonyl (C=O) groups excluding carboxylic acids is 1. The summed E-state index contributed by atoms with van der Waals surface area (Å²) in [7, 11) is 1.29. The van der Waals surface area contributed by atoms with Crippen LogP contribution in [0, 0.1) is 5.92 Å². The molecule has 0 fully saturated rings. The standard InChI is InChI=1S/C9H14N2O3/c1-5(2)7(10)8-11-6(4-14-8)9(12)13-3/h4-5,7H,10H2,1-3H3. The van der Waals surface area contributed by atoms with Crippen LogP contribution in [0.1, 0.15) is 36.3 Å². The van der Waals surface area contributed by atoms with E-state index in [1.54, 1.807) is 0 Å². The lowest BCUT2D eigenvalue weighted by atomic mass is 10.1. The fourth-order valence-electron chi connectivity index (χ4n) is 0.924. The topological polar surface area (TPSA) is 78.3 Å². The summed E-state index contributed by atoms with van der Waals surface area (Å²) in [6.07, 6.45) is 1.25. The van der Waals surface area contributed by atoms with Crippen LogP contribution < -0.4 is 5.73 Å². The third-order valence-electron chi connectivity index (χ3n) is 1.92. The first-order valence-electron chi connectivity index (χ1n) is 4.35. The summed E-state index contributed by atoms with van der Waals surface area (Å²) in [6.45, 7) is 3.90. The number of aromatic nitrogens is 1. The molecule has 0 aliphatic rings. The largest absolute Gasteiger partial charge is 0.464 e. The van der Waals surface area contributed by atoms with Crippen molar-refractivity contribution >= 4 is 5.97 Å². The molecule has 0 radical (unpaired) electrons. The average Bonchev–Trinajstić information content (AvgIpc) is 2.64. The lowest BCUT2D eigenvalue weighted by Crippen LogP contribution is -2.17. The zero-order chi connectivity index (χ0) is 10.7. The Morgan fingerprint density at radius 3 is 2.79 bits per heavy atom. The third-order valence-corrected chi connectivity index (χ3v) is 1.92. The van der Waals surface area contributed by atoms with Crippen molar-refractivity contribution in [2.75, 3.05) is 7.11 Å². The quantitative estimate of drug-likeness (QED) is 0.736. The number of hydrogen-bond donors (Lipinski definition) is 1. The van der Waals surface area contributed by atoms with E-state index in [0.29, 0.717) is 5.89 Å². The molecule has 1 atom stereocenters. The van der Waals surface area contributed by atoms with Crippen molar-refractivity contribution < 1.29 is 13.9 Å². The van der Waals surface area contributed by atoms with Crippen LogP contribution in [-0.4, -0.2) is 18.1 Å². The van der Waals surface area contributed by atoms with Crippen molar-refractivity contribution in [2.45, 2.75) is 19.9 Å². The van der Waals surface area contributed by atoms with E-state index < -0.39 is 5.97 Å². The molecule has 0 aliphatic heterocycles. The summed E-state index contributed by atoms with van der Waals surface area (Å²) < 4.78 is 9.56. The SMILES string of the molecule is COC(=O)c1coc(C(N)C(C)C)n1. The van der Waals surface area contributed by atoms with Crippen LogP contribution in [0.5, 0.6) is 0 Å². The van der Waals surface area contributed by atoms with Gasteiger partial charge in [0.15, 0.2) is 5.69 Å². The summed E-state index contributed by atoms with van der Waals surface area (Å²) >= 11 is 0. The number of nitrogens with zero attached hydrogens (tertiary/aromatic N) is 1. The van der Waals surface area contributed by atoms with E-state index in [4.69, 9.17) is 10.2 Å². The molecule has 0 saturated heterocycles. The molecule has 2 N–H and O–H groups in total. The summed E-state index contributed by atoms with van der Waals surface area (Å²) in [5.41, 5.74) is 5.94. The Kier molecular flexibility index (Phi) is 3.24. The summed E-state index contributed by atoms with van der Waals surface area (Å²) in [5, 5.41) is 0. The fourth-order valence-corrected chi connectivity index (χ4v) is 0.924. The molecule has 0 amide bonds. The number of esters is 1. The van der Waals surface area contributed by atoms with Crippen LogP contribution in [-0.2, 0) is 4.74 Å². The lowest BCUT2D eigenvalue weighted by Gasteiger charge is -2.10. The van der Waals surface area contributed by atoms with Gasteiger partial charge >= 0.3 is 5.97 Å². The van der Waals surface area contributed by atoms with Crippen LogP contribution in [0.25, 0.3) is 0 Å². The second-order valence-electron chi connectivity index (χ2n) is 3.33. The van der Waals surface area contributed by atoms with Gasteiger partial charge in [-0.05, 0) is 5.92 Å². The van der Waals surface area contributed by atoms with Gasteiger partial charge in [0.2, 0.25) is 5.89 Å². The van der Waals surface area contributed by atoms with Crippen LogP contribution in [0.2, 0.25) is 0 Å². The number of oxazole rings is 1. The molecule has 0 bridgehead atoms. The van der Waals surface area contributed by atoms with Crippen LogP contribution in [0.3, 0.4) is 0 Å². The van der Waals surface area contributed by atoms with Crippen molar-refractivity contribution in [3.63, 3.8) is 0 Å². The van der Waals surface area contributed by atoms with E-state index in [9.17, 15) is 4.79 Å². The highest BCUT2D eigenvalue weighted by molar-refractivity contribution is 5.86. The molecule has 1 unspecified atom stereocenters. The first-order chi connectivity index (χ1) is 6.56. The van der Waals surface area contributed by atoms with E-state index in [0.717, 1.165) is 0 Å². The van der Waals surface area contributed by atoms with Gasteiger partial charge in [0.25, 0.3) is 0 Å². The zero-order valence-corrected chi connectivity index (χ0v) is 8.48. The Bertz CT molecular complexity index is 320. The number of nitrogens with two attached hydrogens (primary N) is 1. The first kappa shape index (κ1) is 10.7. The first-order valence-corrected chi connectivity index (χ1v) is 4.35.